The summed E-state index contributed by atoms with van der Waals surface area (Å²) in [6.07, 6.45) is 4.19. The average Bonchev–Trinajstić information content (AvgIpc) is 1.64. The van der Waals surface area contributed by atoms with E-state index in [1.165, 1.54) is 5.12 Å². The summed E-state index contributed by atoms with van der Waals surface area (Å²) in [4.78, 5) is 0. The molecule has 1 aliphatic heterocycles. The van der Waals surface area contributed by atoms with Crippen molar-refractivity contribution in [1.82, 2.24) is 5.12 Å². The summed E-state index contributed by atoms with van der Waals surface area (Å²) in [6.45, 7) is 0. The normalized spacial score (nSPS) is 18.8. The van der Waals surface area contributed by atoms with Crippen molar-refractivity contribution in [2.75, 3.05) is 0 Å². The lowest BCUT2D eigenvalue weighted by atomic mass is 10.4. The molecule has 0 aromatic rings. The molecule has 0 radical (unpaired) electrons. The quantitative estimate of drug-likeness (QED) is 0.490. The van der Waals surface area contributed by atoms with Crippen molar-refractivity contribution in [1.29, 1.82) is 0 Å². The van der Waals surface area contributed by atoms with Crippen LogP contribution in [0.15, 0.2) is 17.4 Å². The minimum absolute atomic E-state index is 0.523. The summed E-state index contributed by atoms with van der Waals surface area (Å²) >= 11 is 5.49. The van der Waals surface area contributed by atoms with E-state index >= 15 is 0 Å². The van der Waals surface area contributed by atoms with Crippen LogP contribution in [-0.4, -0.2) is 10.3 Å². The van der Waals surface area contributed by atoms with Crippen molar-refractivity contribution >= 4 is 16.8 Å². The number of nitrogens with zero attached hydrogens (tertiary/aromatic N) is 2. The second-order valence-corrected chi connectivity index (χ2v) is 1.88. The summed E-state index contributed by atoms with van der Waals surface area (Å²) in [7, 11) is 0. The molecule has 0 saturated carbocycles. The number of hydrazone groups is 1. The first-order chi connectivity index (χ1) is 3.79. The molecular formula is C4H6ClN3. The maximum Gasteiger partial charge on any atom is 0.132 e. The predicted molar refractivity (Wildman–Crippen MR) is 33.1 cm³/mol. The first-order valence-corrected chi connectivity index (χ1v) is 2.60. The molecule has 2 N–H and O–H groups in total. The van der Waals surface area contributed by atoms with Gasteiger partial charge in [-0.05, 0) is 0 Å². The molecule has 0 saturated heterocycles. The SMILES string of the molecule is NN1C=CCC(Cl)=N1. The largest absolute Gasteiger partial charge is 0.227 e. The summed E-state index contributed by atoms with van der Waals surface area (Å²) in [5.74, 6) is 5.20. The molecule has 0 amide bonds. The van der Waals surface area contributed by atoms with Crippen LogP contribution in [0.5, 0.6) is 0 Å². The van der Waals surface area contributed by atoms with E-state index in [2.05, 4.69) is 5.10 Å². The van der Waals surface area contributed by atoms with Crippen LogP contribution in [0.4, 0.5) is 0 Å². The Balaban J connectivity index is 2.60. The first-order valence-electron chi connectivity index (χ1n) is 2.22. The minimum atomic E-state index is 0.523. The fourth-order valence-corrected chi connectivity index (χ4v) is 0.634. The van der Waals surface area contributed by atoms with E-state index in [9.17, 15) is 0 Å². The molecular weight excluding hydrogens is 126 g/mol. The second-order valence-electron chi connectivity index (χ2n) is 1.45. The van der Waals surface area contributed by atoms with Gasteiger partial charge in [0.05, 0.1) is 0 Å². The second kappa shape index (κ2) is 2.15. The Morgan fingerprint density at radius 1 is 1.88 bits per heavy atom. The Kier molecular flexibility index (Phi) is 1.50. The van der Waals surface area contributed by atoms with Crippen molar-refractivity contribution in [3.8, 4) is 0 Å². The highest BCUT2D eigenvalue weighted by molar-refractivity contribution is 6.65. The monoisotopic (exact) mass is 131 g/mol. The van der Waals surface area contributed by atoms with Crippen LogP contribution in [0.25, 0.3) is 0 Å². The van der Waals surface area contributed by atoms with Crippen LogP contribution in [0.2, 0.25) is 0 Å². The molecule has 0 aromatic carbocycles. The van der Waals surface area contributed by atoms with Crippen LogP contribution >= 0.6 is 11.6 Å². The Morgan fingerprint density at radius 2 is 2.62 bits per heavy atom. The number of nitrogens with two attached hydrogens (primary N) is 1. The molecule has 3 nitrogen and oxygen atoms in total. The molecule has 8 heavy (non-hydrogen) atoms. The van der Waals surface area contributed by atoms with Crippen molar-refractivity contribution in [2.24, 2.45) is 10.9 Å². The van der Waals surface area contributed by atoms with E-state index in [0.29, 0.717) is 11.6 Å². The van der Waals surface area contributed by atoms with Crippen molar-refractivity contribution in [2.45, 2.75) is 6.42 Å². The van der Waals surface area contributed by atoms with Gasteiger partial charge in [0.1, 0.15) is 5.17 Å². The predicted octanol–water partition coefficient (Wildman–Crippen LogP) is 0.632. The molecule has 0 bridgehead atoms. The lowest BCUT2D eigenvalue weighted by molar-refractivity contribution is 0.415. The highest BCUT2D eigenvalue weighted by Crippen LogP contribution is 2.01. The topological polar surface area (TPSA) is 41.6 Å². The third-order valence-corrected chi connectivity index (χ3v) is 0.998. The minimum Gasteiger partial charge on any atom is -0.227 e. The van der Waals surface area contributed by atoms with Crippen molar-refractivity contribution in [3.63, 3.8) is 0 Å². The zero-order valence-electron chi connectivity index (χ0n) is 4.21. The van der Waals surface area contributed by atoms with Gasteiger partial charge in [0, 0.05) is 12.6 Å². The Labute approximate surface area is 52.4 Å². The van der Waals surface area contributed by atoms with Gasteiger partial charge in [-0.2, -0.15) is 0 Å². The van der Waals surface area contributed by atoms with Crippen LogP contribution in [-0.2, 0) is 0 Å². The Morgan fingerprint density at radius 3 is 3.00 bits per heavy atom. The lowest BCUT2D eigenvalue weighted by Crippen LogP contribution is -2.21. The van der Waals surface area contributed by atoms with Gasteiger partial charge < -0.3 is 0 Å². The van der Waals surface area contributed by atoms with E-state index in [1.807, 2.05) is 6.08 Å². The Hall–Kier alpha value is -0.540. The van der Waals surface area contributed by atoms with Crippen LogP contribution < -0.4 is 5.84 Å². The molecule has 44 valence electrons. The van der Waals surface area contributed by atoms with E-state index in [0.717, 1.165) is 0 Å². The van der Waals surface area contributed by atoms with Gasteiger partial charge >= 0.3 is 0 Å². The van der Waals surface area contributed by atoms with Gasteiger partial charge in [0.2, 0.25) is 0 Å². The number of hydrazine groups is 1. The summed E-state index contributed by atoms with van der Waals surface area (Å²) in [5, 5.41) is 5.40. The summed E-state index contributed by atoms with van der Waals surface area (Å²) < 4.78 is 0. The first kappa shape index (κ1) is 5.59. The number of halogens is 1. The lowest BCUT2D eigenvalue weighted by Gasteiger charge is -2.09. The third-order valence-electron chi connectivity index (χ3n) is 0.768. The molecule has 0 spiro atoms. The zero-order valence-corrected chi connectivity index (χ0v) is 4.97. The number of rotatable bonds is 0. The van der Waals surface area contributed by atoms with Crippen LogP contribution in [0, 0.1) is 0 Å². The molecule has 0 unspecified atom stereocenters. The van der Waals surface area contributed by atoms with Crippen molar-refractivity contribution in [3.05, 3.63) is 12.3 Å². The molecule has 1 aliphatic rings. The number of allylic oxidation sites excluding steroid dienone is 1. The fourth-order valence-electron chi connectivity index (χ4n) is 0.457. The maximum atomic E-state index is 5.49. The van der Waals surface area contributed by atoms with Gasteiger partial charge in [-0.15, -0.1) is 5.10 Å². The Bertz CT molecular complexity index is 140. The smallest absolute Gasteiger partial charge is 0.132 e. The zero-order chi connectivity index (χ0) is 5.98. The van der Waals surface area contributed by atoms with Gasteiger partial charge in [0.25, 0.3) is 0 Å². The summed E-state index contributed by atoms with van der Waals surface area (Å²) in [6, 6.07) is 0. The summed E-state index contributed by atoms with van der Waals surface area (Å²) in [5.41, 5.74) is 0. The molecule has 0 fully saturated rings. The fraction of sp³-hybridized carbons (Fsp3) is 0.250. The molecule has 1 rings (SSSR count). The van der Waals surface area contributed by atoms with Gasteiger partial charge in [-0.1, -0.05) is 17.7 Å². The molecule has 4 heteroatoms. The molecule has 0 atom stereocenters. The number of hydrogen-bond acceptors (Lipinski definition) is 3. The van der Waals surface area contributed by atoms with Gasteiger partial charge in [-0.3, -0.25) is 0 Å². The van der Waals surface area contributed by atoms with Crippen LogP contribution in [0.3, 0.4) is 0 Å². The third kappa shape index (κ3) is 1.21. The standard InChI is InChI=1S/C4H6ClN3/c5-4-2-1-3-8(6)7-4/h1,3H,2,6H2. The van der Waals surface area contributed by atoms with E-state index in [-0.39, 0.29) is 0 Å². The van der Waals surface area contributed by atoms with E-state index in [4.69, 9.17) is 17.4 Å². The maximum absolute atomic E-state index is 5.49. The van der Waals surface area contributed by atoms with Crippen molar-refractivity contribution < 1.29 is 0 Å². The van der Waals surface area contributed by atoms with E-state index in [1.54, 1.807) is 6.20 Å². The van der Waals surface area contributed by atoms with E-state index < -0.39 is 0 Å². The molecule has 0 aromatic heterocycles. The van der Waals surface area contributed by atoms with Crippen LogP contribution in [0.1, 0.15) is 6.42 Å². The molecule has 0 aliphatic carbocycles. The van der Waals surface area contributed by atoms with Gasteiger partial charge in [-0.25, -0.2) is 11.0 Å². The highest BCUT2D eigenvalue weighted by atomic mass is 35.5. The average molecular weight is 132 g/mol. The highest BCUT2D eigenvalue weighted by Gasteiger charge is 1.97. The molecule has 1 heterocycles. The number of hydrogen-bond donors (Lipinski definition) is 1. The van der Waals surface area contributed by atoms with Gasteiger partial charge in [0.15, 0.2) is 0 Å².